The van der Waals surface area contributed by atoms with Gasteiger partial charge in [0, 0.05) is 10.6 Å². The van der Waals surface area contributed by atoms with E-state index in [-0.39, 0.29) is 17.0 Å². The largest absolute Gasteiger partial charge is 0.469 e. The van der Waals surface area contributed by atoms with Crippen molar-refractivity contribution in [2.75, 3.05) is 7.11 Å². The van der Waals surface area contributed by atoms with Gasteiger partial charge in [-0.1, -0.05) is 23.2 Å². The molecular formula is C10H9Cl2NO3. The Labute approximate surface area is 102 Å². The van der Waals surface area contributed by atoms with Gasteiger partial charge in [0.05, 0.1) is 24.1 Å². The Bertz CT molecular complexity index is 446. The van der Waals surface area contributed by atoms with Crippen LogP contribution in [-0.4, -0.2) is 19.0 Å². The number of hydrogen-bond acceptors (Lipinski definition) is 3. The number of carbonyl (C=O) groups excluding carboxylic acids is 2. The van der Waals surface area contributed by atoms with E-state index in [1.54, 1.807) is 0 Å². The van der Waals surface area contributed by atoms with Crippen molar-refractivity contribution in [3.63, 3.8) is 0 Å². The van der Waals surface area contributed by atoms with Gasteiger partial charge in [0.15, 0.2) is 0 Å². The highest BCUT2D eigenvalue weighted by Gasteiger charge is 2.16. The minimum absolute atomic E-state index is 0.0883. The summed E-state index contributed by atoms with van der Waals surface area (Å²) < 4.78 is 4.49. The zero-order chi connectivity index (χ0) is 12.3. The molecule has 16 heavy (non-hydrogen) atoms. The summed E-state index contributed by atoms with van der Waals surface area (Å²) in [7, 11) is 1.25. The summed E-state index contributed by atoms with van der Waals surface area (Å²) in [6.45, 7) is 0. The lowest BCUT2D eigenvalue weighted by Crippen LogP contribution is -2.14. The van der Waals surface area contributed by atoms with Gasteiger partial charge in [0.1, 0.15) is 0 Å². The Morgan fingerprint density at radius 2 is 2.00 bits per heavy atom. The smallest absolute Gasteiger partial charge is 0.310 e. The lowest BCUT2D eigenvalue weighted by molar-refractivity contribution is -0.139. The maximum Gasteiger partial charge on any atom is 0.310 e. The van der Waals surface area contributed by atoms with E-state index >= 15 is 0 Å². The fourth-order valence-corrected chi connectivity index (χ4v) is 1.76. The second-order valence-corrected chi connectivity index (χ2v) is 3.79. The van der Waals surface area contributed by atoms with Gasteiger partial charge >= 0.3 is 5.97 Å². The highest BCUT2D eigenvalue weighted by Crippen LogP contribution is 2.28. The molecule has 4 nitrogen and oxygen atoms in total. The standard InChI is InChI=1S/C10H9Cl2NO3/c1-16-8(14)4-6-7(11)3-2-5(9(6)12)10(13)15/h2-3H,4H2,1H3,(H2,13,15). The number of primary amides is 1. The number of amides is 1. The fraction of sp³-hybridized carbons (Fsp3) is 0.200. The molecule has 6 heteroatoms. The topological polar surface area (TPSA) is 69.4 Å². The summed E-state index contributed by atoms with van der Waals surface area (Å²) in [5.41, 5.74) is 5.58. The number of ether oxygens (including phenoxy) is 1. The number of methoxy groups -OCH3 is 1. The average molecular weight is 262 g/mol. The second kappa shape index (κ2) is 5.18. The van der Waals surface area contributed by atoms with E-state index in [0.717, 1.165) is 0 Å². The third-order valence-corrected chi connectivity index (χ3v) is 2.79. The predicted octanol–water partition coefficient (Wildman–Crippen LogP) is 1.81. The Morgan fingerprint density at radius 3 is 2.50 bits per heavy atom. The van der Waals surface area contributed by atoms with Crippen molar-refractivity contribution in [1.82, 2.24) is 0 Å². The molecular weight excluding hydrogens is 253 g/mol. The molecule has 2 N–H and O–H groups in total. The molecule has 0 heterocycles. The van der Waals surface area contributed by atoms with Crippen LogP contribution in [0.1, 0.15) is 15.9 Å². The zero-order valence-electron chi connectivity index (χ0n) is 8.42. The molecule has 0 saturated carbocycles. The highest BCUT2D eigenvalue weighted by molar-refractivity contribution is 6.38. The number of halogens is 2. The van der Waals surface area contributed by atoms with Crippen molar-refractivity contribution in [2.45, 2.75) is 6.42 Å². The van der Waals surface area contributed by atoms with E-state index in [1.165, 1.54) is 19.2 Å². The molecule has 0 radical (unpaired) electrons. The van der Waals surface area contributed by atoms with E-state index in [0.29, 0.717) is 10.6 Å². The Kier molecular flexibility index (Phi) is 4.15. The summed E-state index contributed by atoms with van der Waals surface area (Å²) in [6, 6.07) is 2.87. The summed E-state index contributed by atoms with van der Waals surface area (Å²) in [5, 5.41) is 0.380. The lowest BCUT2D eigenvalue weighted by Gasteiger charge is -2.08. The first-order valence-corrected chi connectivity index (χ1v) is 5.06. The quantitative estimate of drug-likeness (QED) is 0.844. The van der Waals surface area contributed by atoms with Crippen LogP contribution in [0.3, 0.4) is 0 Å². The lowest BCUT2D eigenvalue weighted by atomic mass is 10.1. The van der Waals surface area contributed by atoms with Crippen LogP contribution >= 0.6 is 23.2 Å². The van der Waals surface area contributed by atoms with E-state index in [4.69, 9.17) is 28.9 Å². The van der Waals surface area contributed by atoms with Gasteiger partial charge in [0.2, 0.25) is 5.91 Å². The summed E-state index contributed by atoms with van der Waals surface area (Å²) in [4.78, 5) is 22.1. The number of rotatable bonds is 3. The molecule has 0 unspecified atom stereocenters. The van der Waals surface area contributed by atoms with E-state index in [2.05, 4.69) is 4.74 Å². The zero-order valence-corrected chi connectivity index (χ0v) is 9.93. The maximum atomic E-state index is 11.1. The van der Waals surface area contributed by atoms with Gasteiger partial charge in [-0.2, -0.15) is 0 Å². The number of esters is 1. The van der Waals surface area contributed by atoms with Crippen molar-refractivity contribution in [3.8, 4) is 0 Å². The fourth-order valence-electron chi connectivity index (χ4n) is 1.17. The molecule has 0 aromatic heterocycles. The van der Waals surface area contributed by atoms with Crippen molar-refractivity contribution in [2.24, 2.45) is 5.73 Å². The number of benzene rings is 1. The van der Waals surface area contributed by atoms with E-state index in [1.807, 2.05) is 0 Å². The molecule has 1 aromatic rings. The molecule has 1 amide bonds. The van der Waals surface area contributed by atoms with Crippen LogP contribution in [0.15, 0.2) is 12.1 Å². The minimum atomic E-state index is -0.673. The van der Waals surface area contributed by atoms with Gasteiger partial charge in [-0.3, -0.25) is 9.59 Å². The average Bonchev–Trinajstić information content (AvgIpc) is 2.23. The van der Waals surface area contributed by atoms with Crippen LogP contribution in [0.5, 0.6) is 0 Å². The molecule has 0 aliphatic rings. The SMILES string of the molecule is COC(=O)Cc1c(Cl)ccc(C(N)=O)c1Cl. The number of hydrogen-bond donors (Lipinski definition) is 1. The molecule has 0 aliphatic heterocycles. The number of nitrogens with two attached hydrogens (primary N) is 1. The Hall–Kier alpha value is -1.26. The summed E-state index contributed by atoms with van der Waals surface area (Å²) in [5.74, 6) is -1.17. The normalized spacial score (nSPS) is 9.94. The number of carbonyl (C=O) groups is 2. The van der Waals surface area contributed by atoms with Crippen molar-refractivity contribution in [3.05, 3.63) is 33.3 Å². The molecule has 0 aliphatic carbocycles. The highest BCUT2D eigenvalue weighted by atomic mass is 35.5. The molecule has 1 aromatic carbocycles. The van der Waals surface area contributed by atoms with E-state index in [9.17, 15) is 9.59 Å². The maximum absolute atomic E-state index is 11.1. The van der Waals surface area contributed by atoms with Crippen molar-refractivity contribution < 1.29 is 14.3 Å². The van der Waals surface area contributed by atoms with Gasteiger partial charge in [-0.05, 0) is 12.1 Å². The Balaban J connectivity index is 3.21. The molecule has 0 fully saturated rings. The van der Waals surface area contributed by atoms with Crippen molar-refractivity contribution in [1.29, 1.82) is 0 Å². The summed E-state index contributed by atoms with van der Waals surface area (Å²) >= 11 is 11.8. The third kappa shape index (κ3) is 2.65. The molecule has 86 valence electrons. The predicted molar refractivity (Wildman–Crippen MR) is 60.7 cm³/mol. The summed E-state index contributed by atoms with van der Waals surface area (Å²) in [6.07, 6.45) is -0.102. The van der Waals surface area contributed by atoms with Crippen molar-refractivity contribution >= 4 is 35.1 Å². The van der Waals surface area contributed by atoms with Gasteiger partial charge in [0.25, 0.3) is 0 Å². The molecule has 0 atom stereocenters. The first-order valence-electron chi connectivity index (χ1n) is 4.31. The van der Waals surface area contributed by atoms with Crippen LogP contribution in [0.2, 0.25) is 10.0 Å². The first-order chi connectivity index (χ1) is 7.47. The second-order valence-electron chi connectivity index (χ2n) is 3.00. The van der Waals surface area contributed by atoms with Crippen LogP contribution in [0.4, 0.5) is 0 Å². The minimum Gasteiger partial charge on any atom is -0.469 e. The third-order valence-electron chi connectivity index (χ3n) is 2.00. The van der Waals surface area contributed by atoms with Crippen LogP contribution in [-0.2, 0) is 16.0 Å². The first kappa shape index (κ1) is 12.8. The monoisotopic (exact) mass is 261 g/mol. The van der Waals surface area contributed by atoms with Crippen LogP contribution < -0.4 is 5.73 Å². The van der Waals surface area contributed by atoms with E-state index < -0.39 is 11.9 Å². The van der Waals surface area contributed by atoms with Gasteiger partial charge in [-0.25, -0.2) is 0 Å². The Morgan fingerprint density at radius 1 is 1.38 bits per heavy atom. The molecule has 0 spiro atoms. The molecule has 1 rings (SSSR count). The van der Waals surface area contributed by atoms with Gasteiger partial charge < -0.3 is 10.5 Å². The molecule has 0 saturated heterocycles. The van der Waals surface area contributed by atoms with Crippen LogP contribution in [0, 0.1) is 0 Å². The molecule has 0 bridgehead atoms. The van der Waals surface area contributed by atoms with Gasteiger partial charge in [-0.15, -0.1) is 0 Å². The van der Waals surface area contributed by atoms with Crippen LogP contribution in [0.25, 0.3) is 0 Å².